The second kappa shape index (κ2) is 3.83. The molecule has 3 heterocycles. The van der Waals surface area contributed by atoms with E-state index in [4.69, 9.17) is 4.74 Å². The van der Waals surface area contributed by atoms with Crippen LogP contribution in [0.25, 0.3) is 5.70 Å². The number of rotatable bonds is 1. The monoisotopic (exact) mass is 266 g/mol. The number of dihydropyridines is 1. The van der Waals surface area contributed by atoms with E-state index in [-0.39, 0.29) is 11.8 Å². The third-order valence-electron chi connectivity index (χ3n) is 4.94. The molecule has 0 aromatic heterocycles. The molecule has 0 N–H and O–H groups in total. The average Bonchev–Trinajstić information content (AvgIpc) is 2.61. The van der Waals surface area contributed by atoms with Gasteiger partial charge in [-0.3, -0.25) is 4.99 Å². The van der Waals surface area contributed by atoms with Crippen molar-refractivity contribution in [3.63, 3.8) is 0 Å². The Kier molecular flexibility index (Phi) is 2.28. The fourth-order valence-electron chi connectivity index (χ4n) is 3.81. The Hall–Kier alpha value is -1.87. The number of allylic oxidation sites excluding steroid dienone is 1. The van der Waals surface area contributed by atoms with Crippen molar-refractivity contribution in [2.75, 3.05) is 14.2 Å². The zero-order chi connectivity index (χ0) is 13.9. The summed E-state index contributed by atoms with van der Waals surface area (Å²) < 4.78 is 5.58. The van der Waals surface area contributed by atoms with E-state index >= 15 is 0 Å². The lowest BCUT2D eigenvalue weighted by Gasteiger charge is -2.42. The zero-order valence-electron chi connectivity index (χ0n) is 12.1. The van der Waals surface area contributed by atoms with E-state index in [1.54, 1.807) is 7.11 Å². The first kappa shape index (κ1) is 11.9. The van der Waals surface area contributed by atoms with Crippen LogP contribution in [-0.2, 0) is 10.3 Å². The molecule has 3 aliphatic heterocycles. The molecule has 0 saturated heterocycles. The second-order valence-electron chi connectivity index (χ2n) is 5.90. The van der Waals surface area contributed by atoms with Crippen molar-refractivity contribution in [2.24, 2.45) is 4.99 Å². The Morgan fingerprint density at radius 2 is 2.15 bits per heavy atom. The van der Waals surface area contributed by atoms with E-state index in [1.165, 1.54) is 28.0 Å². The van der Waals surface area contributed by atoms with Crippen LogP contribution in [0.4, 0.5) is 0 Å². The molecule has 2 bridgehead atoms. The van der Waals surface area contributed by atoms with Crippen LogP contribution in [0.2, 0.25) is 0 Å². The topological polar surface area (TPSA) is 24.8 Å². The molecule has 1 aromatic carbocycles. The average molecular weight is 266 g/mol. The third kappa shape index (κ3) is 1.26. The van der Waals surface area contributed by atoms with Crippen LogP contribution in [0, 0.1) is 0 Å². The van der Waals surface area contributed by atoms with Gasteiger partial charge in [0.2, 0.25) is 0 Å². The van der Waals surface area contributed by atoms with Crippen LogP contribution in [0.15, 0.2) is 46.5 Å². The van der Waals surface area contributed by atoms with Crippen molar-refractivity contribution in [1.29, 1.82) is 0 Å². The number of methoxy groups -OCH3 is 1. The predicted molar refractivity (Wildman–Crippen MR) is 80.5 cm³/mol. The SMILES string of the molecule is COC1N=CC=C2CC3(C)c4ccccc4C(=C21)N3C. The number of nitrogens with zero attached hydrogens (tertiary/aromatic N) is 2. The first-order chi connectivity index (χ1) is 9.66. The molecular weight excluding hydrogens is 248 g/mol. The van der Waals surface area contributed by atoms with Gasteiger partial charge in [0.25, 0.3) is 0 Å². The summed E-state index contributed by atoms with van der Waals surface area (Å²) in [7, 11) is 3.91. The number of hydrogen-bond acceptors (Lipinski definition) is 3. The van der Waals surface area contributed by atoms with Crippen molar-refractivity contribution in [3.8, 4) is 0 Å². The summed E-state index contributed by atoms with van der Waals surface area (Å²) in [5.74, 6) is 0. The largest absolute Gasteiger partial charge is 0.364 e. The molecule has 0 fully saturated rings. The summed E-state index contributed by atoms with van der Waals surface area (Å²) in [6, 6.07) is 8.71. The normalized spacial score (nSPS) is 30.2. The van der Waals surface area contributed by atoms with Crippen LogP contribution in [0.1, 0.15) is 24.5 Å². The van der Waals surface area contributed by atoms with Crippen molar-refractivity contribution < 1.29 is 4.74 Å². The molecule has 0 aliphatic carbocycles. The first-order valence-electron chi connectivity index (χ1n) is 7.00. The molecule has 3 heteroatoms. The number of ether oxygens (including phenoxy) is 1. The lowest BCUT2D eigenvalue weighted by atomic mass is 9.82. The molecule has 20 heavy (non-hydrogen) atoms. The van der Waals surface area contributed by atoms with Gasteiger partial charge < -0.3 is 9.64 Å². The fourth-order valence-corrected chi connectivity index (χ4v) is 3.81. The summed E-state index contributed by atoms with van der Waals surface area (Å²) >= 11 is 0. The molecule has 2 atom stereocenters. The second-order valence-corrected chi connectivity index (χ2v) is 5.90. The van der Waals surface area contributed by atoms with Crippen LogP contribution >= 0.6 is 0 Å². The minimum atomic E-state index is -0.178. The maximum Gasteiger partial charge on any atom is 0.175 e. The van der Waals surface area contributed by atoms with Crippen molar-refractivity contribution >= 4 is 11.9 Å². The van der Waals surface area contributed by atoms with Gasteiger partial charge in [-0.1, -0.05) is 24.3 Å². The highest BCUT2D eigenvalue weighted by Gasteiger charge is 2.48. The first-order valence-corrected chi connectivity index (χ1v) is 7.00. The lowest BCUT2D eigenvalue weighted by molar-refractivity contribution is 0.132. The van der Waals surface area contributed by atoms with Gasteiger partial charge in [-0.05, 0) is 24.1 Å². The Bertz CT molecular complexity index is 686. The van der Waals surface area contributed by atoms with E-state index in [1.807, 2.05) is 6.21 Å². The number of aliphatic imine (C=N–C) groups is 1. The van der Waals surface area contributed by atoms with Gasteiger partial charge in [-0.25, -0.2) is 0 Å². The number of hydrogen-bond donors (Lipinski definition) is 0. The smallest absolute Gasteiger partial charge is 0.175 e. The Morgan fingerprint density at radius 1 is 1.35 bits per heavy atom. The fraction of sp³-hybridized carbons (Fsp3) is 0.353. The predicted octanol–water partition coefficient (Wildman–Crippen LogP) is 2.95. The highest BCUT2D eigenvalue weighted by atomic mass is 16.5. The van der Waals surface area contributed by atoms with E-state index in [0.717, 1.165) is 6.42 Å². The zero-order valence-corrected chi connectivity index (χ0v) is 12.1. The van der Waals surface area contributed by atoms with Crippen LogP contribution in [0.3, 0.4) is 0 Å². The number of fused-ring (bicyclic) bond motifs is 6. The minimum absolute atomic E-state index is 0.0464. The van der Waals surface area contributed by atoms with E-state index in [9.17, 15) is 0 Å². The molecule has 102 valence electrons. The summed E-state index contributed by atoms with van der Waals surface area (Å²) in [6.45, 7) is 2.32. The summed E-state index contributed by atoms with van der Waals surface area (Å²) in [5, 5.41) is 0. The minimum Gasteiger partial charge on any atom is -0.364 e. The summed E-state index contributed by atoms with van der Waals surface area (Å²) in [5.41, 5.74) is 6.66. The third-order valence-corrected chi connectivity index (χ3v) is 4.94. The molecule has 0 saturated carbocycles. The molecule has 0 amide bonds. The van der Waals surface area contributed by atoms with E-state index < -0.39 is 0 Å². The maximum atomic E-state index is 5.58. The quantitative estimate of drug-likeness (QED) is 0.780. The van der Waals surface area contributed by atoms with Gasteiger partial charge in [0.1, 0.15) is 0 Å². The van der Waals surface area contributed by atoms with Crippen LogP contribution in [-0.4, -0.2) is 31.5 Å². The highest BCUT2D eigenvalue weighted by Crippen LogP contribution is 2.55. The van der Waals surface area contributed by atoms with E-state index in [0.29, 0.717) is 0 Å². The Morgan fingerprint density at radius 3 is 2.95 bits per heavy atom. The standard InChI is InChI=1S/C17H18N2O/c1-17-10-11-8-9-18-16(20-3)14(11)15(19(17)2)12-6-4-5-7-13(12)17/h4-9,16H,10H2,1-3H3. The molecule has 0 radical (unpaired) electrons. The summed E-state index contributed by atoms with van der Waals surface area (Å²) in [4.78, 5) is 6.87. The molecule has 1 aromatic rings. The molecule has 4 rings (SSSR count). The van der Waals surface area contributed by atoms with Gasteiger partial charge in [-0.15, -0.1) is 0 Å². The van der Waals surface area contributed by atoms with Crippen molar-refractivity contribution in [3.05, 3.63) is 52.6 Å². The van der Waals surface area contributed by atoms with Crippen molar-refractivity contribution in [1.82, 2.24) is 4.90 Å². The van der Waals surface area contributed by atoms with Gasteiger partial charge in [0.05, 0.1) is 11.2 Å². The van der Waals surface area contributed by atoms with Gasteiger partial charge in [-0.2, -0.15) is 0 Å². The van der Waals surface area contributed by atoms with Crippen LogP contribution < -0.4 is 0 Å². The Labute approximate surface area is 119 Å². The Balaban J connectivity index is 2.06. The maximum absolute atomic E-state index is 5.58. The van der Waals surface area contributed by atoms with E-state index in [2.05, 4.69) is 54.2 Å². The molecule has 0 spiro atoms. The molecular formula is C17H18N2O. The van der Waals surface area contributed by atoms with Gasteiger partial charge >= 0.3 is 0 Å². The molecule has 3 aliphatic rings. The van der Waals surface area contributed by atoms with Crippen molar-refractivity contribution in [2.45, 2.75) is 25.1 Å². The number of benzene rings is 1. The van der Waals surface area contributed by atoms with Gasteiger partial charge in [0, 0.05) is 37.9 Å². The molecule has 2 unspecified atom stereocenters. The highest BCUT2D eigenvalue weighted by molar-refractivity contribution is 5.86. The van der Waals surface area contributed by atoms with Gasteiger partial charge in [0.15, 0.2) is 6.23 Å². The lowest BCUT2D eigenvalue weighted by Crippen LogP contribution is -2.40. The summed E-state index contributed by atoms with van der Waals surface area (Å²) in [6.07, 6.45) is 4.85. The van der Waals surface area contributed by atoms with Crippen LogP contribution in [0.5, 0.6) is 0 Å². The molecule has 3 nitrogen and oxygen atoms in total.